The highest BCUT2D eigenvalue weighted by atomic mass is 16.5. The summed E-state index contributed by atoms with van der Waals surface area (Å²) in [5, 5.41) is 2.82. The van der Waals surface area contributed by atoms with Crippen molar-refractivity contribution < 1.29 is 9.53 Å². The molecule has 1 aromatic carbocycles. The number of pyridine rings is 1. The predicted octanol–water partition coefficient (Wildman–Crippen LogP) is 3.22. The second kappa shape index (κ2) is 10.2. The van der Waals surface area contributed by atoms with E-state index in [1.807, 2.05) is 24.5 Å². The molecule has 0 saturated carbocycles. The zero-order valence-corrected chi connectivity index (χ0v) is 19.5. The van der Waals surface area contributed by atoms with Crippen LogP contribution in [0.15, 0.2) is 61.2 Å². The van der Waals surface area contributed by atoms with Crippen molar-refractivity contribution in [2.75, 3.05) is 26.7 Å². The third-order valence-electron chi connectivity index (χ3n) is 6.01. The number of hydrogen-bond donors (Lipinski definition) is 1. The highest BCUT2D eigenvalue weighted by Gasteiger charge is 2.43. The van der Waals surface area contributed by atoms with Crippen LogP contribution in [0.5, 0.6) is 0 Å². The molecular formula is C26H31N5O2. The van der Waals surface area contributed by atoms with Crippen molar-refractivity contribution in [2.24, 2.45) is 0 Å². The van der Waals surface area contributed by atoms with Crippen LogP contribution in [0.3, 0.4) is 0 Å². The first-order valence-electron chi connectivity index (χ1n) is 11.4. The molecule has 3 heterocycles. The Balaban J connectivity index is 1.50. The summed E-state index contributed by atoms with van der Waals surface area (Å²) >= 11 is 0. The summed E-state index contributed by atoms with van der Waals surface area (Å²) in [6.07, 6.45) is 7.85. The number of nitrogens with zero attached hydrogens (tertiary/aromatic N) is 4. The molecule has 1 N–H and O–H groups in total. The second-order valence-electron chi connectivity index (χ2n) is 8.85. The van der Waals surface area contributed by atoms with E-state index in [-0.39, 0.29) is 5.91 Å². The molecule has 0 bridgehead atoms. The molecule has 172 valence electrons. The van der Waals surface area contributed by atoms with E-state index in [0.29, 0.717) is 32.0 Å². The Morgan fingerprint density at radius 1 is 1.06 bits per heavy atom. The number of ether oxygens (including phenoxy) is 1. The van der Waals surface area contributed by atoms with Crippen LogP contribution in [0.2, 0.25) is 0 Å². The summed E-state index contributed by atoms with van der Waals surface area (Å²) in [6, 6.07) is 12.3. The van der Waals surface area contributed by atoms with Crippen LogP contribution in [0, 0.1) is 0 Å². The lowest BCUT2D eigenvalue weighted by molar-refractivity contribution is -0.160. The number of benzene rings is 1. The van der Waals surface area contributed by atoms with Gasteiger partial charge in [-0.15, -0.1) is 0 Å². The fraction of sp³-hybridized carbons (Fsp3) is 0.385. The molecule has 1 amide bonds. The summed E-state index contributed by atoms with van der Waals surface area (Å²) in [7, 11) is 1.66. The highest BCUT2D eigenvalue weighted by Crippen LogP contribution is 2.27. The van der Waals surface area contributed by atoms with E-state index in [2.05, 4.69) is 63.3 Å². The van der Waals surface area contributed by atoms with Crippen molar-refractivity contribution in [3.05, 3.63) is 78.1 Å². The molecule has 1 saturated heterocycles. The van der Waals surface area contributed by atoms with Gasteiger partial charge in [0.25, 0.3) is 5.91 Å². The first kappa shape index (κ1) is 23.0. The maximum atomic E-state index is 13.0. The molecule has 4 rings (SSSR count). The molecule has 0 unspecified atom stereocenters. The Labute approximate surface area is 195 Å². The number of likely N-dealkylation sites (N-methyl/N-ethyl adjacent to an activating group) is 1. The molecule has 0 spiro atoms. The molecule has 2 aromatic heterocycles. The molecular weight excluding hydrogens is 414 g/mol. The molecule has 1 fully saturated rings. The van der Waals surface area contributed by atoms with Crippen molar-refractivity contribution in [3.63, 3.8) is 0 Å². The van der Waals surface area contributed by atoms with E-state index in [0.717, 1.165) is 34.6 Å². The average molecular weight is 446 g/mol. The summed E-state index contributed by atoms with van der Waals surface area (Å²) in [5.41, 5.74) is 3.38. The van der Waals surface area contributed by atoms with Gasteiger partial charge in [-0.25, -0.2) is 9.97 Å². The maximum absolute atomic E-state index is 13.0. The van der Waals surface area contributed by atoms with Gasteiger partial charge in [-0.05, 0) is 28.8 Å². The van der Waals surface area contributed by atoms with E-state index < -0.39 is 5.60 Å². The van der Waals surface area contributed by atoms with Crippen LogP contribution >= 0.6 is 0 Å². The number of hydrogen-bond acceptors (Lipinski definition) is 6. The third kappa shape index (κ3) is 5.43. The molecule has 7 heteroatoms. The molecule has 0 radical (unpaired) electrons. The topological polar surface area (TPSA) is 80.2 Å². The van der Waals surface area contributed by atoms with E-state index in [9.17, 15) is 4.79 Å². The van der Waals surface area contributed by atoms with Gasteiger partial charge in [0.05, 0.1) is 6.61 Å². The smallest absolute Gasteiger partial charge is 0.253 e. The van der Waals surface area contributed by atoms with Gasteiger partial charge in [0, 0.05) is 69.4 Å². The van der Waals surface area contributed by atoms with E-state index >= 15 is 0 Å². The number of morpholine rings is 1. The number of carbonyl (C=O) groups is 1. The third-order valence-corrected chi connectivity index (χ3v) is 6.01. The monoisotopic (exact) mass is 445 g/mol. The SMILES string of the molecule is CNC(=O)[C@]1(Cc2ccc(-c3ccncc3)cc2)CN(Cc2cnc(C(C)C)nc2)CCO1. The fourth-order valence-corrected chi connectivity index (χ4v) is 4.24. The van der Waals surface area contributed by atoms with E-state index in [1.54, 1.807) is 19.4 Å². The van der Waals surface area contributed by atoms with Crippen molar-refractivity contribution >= 4 is 5.91 Å². The number of nitrogens with one attached hydrogen (secondary N) is 1. The number of amides is 1. The van der Waals surface area contributed by atoms with Crippen LogP contribution in [0.1, 0.15) is 36.7 Å². The Morgan fingerprint density at radius 2 is 1.73 bits per heavy atom. The zero-order valence-electron chi connectivity index (χ0n) is 19.5. The number of rotatable bonds is 7. The van der Waals surface area contributed by atoms with Gasteiger partial charge in [0.1, 0.15) is 5.82 Å². The molecule has 1 aliphatic rings. The predicted molar refractivity (Wildman–Crippen MR) is 128 cm³/mol. The first-order chi connectivity index (χ1) is 16.0. The van der Waals surface area contributed by atoms with Crippen molar-refractivity contribution in [1.82, 2.24) is 25.2 Å². The van der Waals surface area contributed by atoms with Crippen LogP contribution in [-0.2, 0) is 22.5 Å². The van der Waals surface area contributed by atoms with Crippen LogP contribution < -0.4 is 5.32 Å². The lowest BCUT2D eigenvalue weighted by Crippen LogP contribution is -2.60. The van der Waals surface area contributed by atoms with Crippen molar-refractivity contribution in [3.8, 4) is 11.1 Å². The standard InChI is InChI=1S/C26H31N5O2/c1-19(2)24-29-15-21(16-30-24)17-31-12-13-33-26(18-31,25(32)27-3)14-20-4-6-22(7-5-20)23-8-10-28-11-9-23/h4-11,15-16,19H,12-14,17-18H2,1-3H3,(H,27,32)/t26-/m0/s1. The Bertz CT molecular complexity index is 1050. The Hall–Kier alpha value is -3.16. The zero-order chi connectivity index (χ0) is 23.3. The molecule has 33 heavy (non-hydrogen) atoms. The minimum Gasteiger partial charge on any atom is -0.362 e. The van der Waals surface area contributed by atoms with Crippen molar-refractivity contribution in [2.45, 2.75) is 38.3 Å². The van der Waals surface area contributed by atoms with E-state index in [4.69, 9.17) is 4.74 Å². The molecule has 7 nitrogen and oxygen atoms in total. The first-order valence-corrected chi connectivity index (χ1v) is 11.4. The normalized spacial score (nSPS) is 18.9. The molecule has 3 aromatic rings. The number of carbonyl (C=O) groups excluding carboxylic acids is 1. The van der Waals surface area contributed by atoms with Crippen LogP contribution in [0.4, 0.5) is 0 Å². The lowest BCUT2D eigenvalue weighted by atomic mass is 9.90. The van der Waals surface area contributed by atoms with Gasteiger partial charge in [-0.2, -0.15) is 0 Å². The summed E-state index contributed by atoms with van der Waals surface area (Å²) in [6.45, 7) is 6.60. The van der Waals surface area contributed by atoms with Gasteiger partial charge in [-0.3, -0.25) is 14.7 Å². The molecule has 1 atom stereocenters. The minimum atomic E-state index is -0.941. The Kier molecular flexibility index (Phi) is 7.11. The second-order valence-corrected chi connectivity index (χ2v) is 8.85. The van der Waals surface area contributed by atoms with Gasteiger partial charge < -0.3 is 10.1 Å². The van der Waals surface area contributed by atoms with Gasteiger partial charge in [0.15, 0.2) is 5.60 Å². The van der Waals surface area contributed by atoms with Crippen molar-refractivity contribution in [1.29, 1.82) is 0 Å². The lowest BCUT2D eigenvalue weighted by Gasteiger charge is -2.41. The molecule has 1 aliphatic heterocycles. The number of aromatic nitrogens is 3. The van der Waals surface area contributed by atoms with Crippen LogP contribution in [0.25, 0.3) is 11.1 Å². The quantitative estimate of drug-likeness (QED) is 0.602. The van der Waals surface area contributed by atoms with Gasteiger partial charge >= 0.3 is 0 Å². The van der Waals surface area contributed by atoms with Gasteiger partial charge in [0.2, 0.25) is 0 Å². The summed E-state index contributed by atoms with van der Waals surface area (Å²) < 4.78 is 6.16. The average Bonchev–Trinajstić information content (AvgIpc) is 2.85. The minimum absolute atomic E-state index is 0.100. The summed E-state index contributed by atoms with van der Waals surface area (Å²) in [5.74, 6) is 1.04. The van der Waals surface area contributed by atoms with E-state index in [1.165, 1.54) is 0 Å². The van der Waals surface area contributed by atoms with Crippen LogP contribution in [-0.4, -0.2) is 58.1 Å². The van der Waals surface area contributed by atoms with Gasteiger partial charge in [-0.1, -0.05) is 38.1 Å². The summed E-state index contributed by atoms with van der Waals surface area (Å²) in [4.78, 5) is 28.3. The maximum Gasteiger partial charge on any atom is 0.253 e. The highest BCUT2D eigenvalue weighted by molar-refractivity contribution is 5.86. The fourth-order valence-electron chi connectivity index (χ4n) is 4.24. The molecule has 0 aliphatic carbocycles. The Morgan fingerprint density at radius 3 is 2.36 bits per heavy atom. The largest absolute Gasteiger partial charge is 0.362 e.